The topological polar surface area (TPSA) is 112 Å². The van der Waals surface area contributed by atoms with E-state index in [0.717, 1.165) is 49.7 Å². The molecule has 8 nitrogen and oxygen atoms in total. The summed E-state index contributed by atoms with van der Waals surface area (Å²) in [6, 6.07) is 9.55. The number of phosphoric ester groups is 2. The van der Waals surface area contributed by atoms with Crippen LogP contribution in [0.15, 0.2) is 36.4 Å². The minimum atomic E-state index is -5.02. The van der Waals surface area contributed by atoms with Crippen LogP contribution in [-0.2, 0) is 26.3 Å². The van der Waals surface area contributed by atoms with Crippen LogP contribution in [0.2, 0.25) is 0 Å². The number of ether oxygens (including phenoxy) is 1. The minimum Gasteiger partial charge on any atom is -0.457 e. The summed E-state index contributed by atoms with van der Waals surface area (Å²) in [4.78, 5) is 20.8. The molecule has 2 unspecified atom stereocenters. The van der Waals surface area contributed by atoms with Crippen molar-refractivity contribution in [2.45, 2.75) is 168 Å². The maximum absolute atomic E-state index is 13.0. The quantitative estimate of drug-likeness (QED) is 0.0819. The van der Waals surface area contributed by atoms with Crippen molar-refractivity contribution in [3.63, 3.8) is 0 Å². The largest absolute Gasteiger partial charge is 0.537 e. The number of rotatable bonds is 24. The minimum absolute atomic E-state index is 0.00231. The highest BCUT2D eigenvalue weighted by molar-refractivity contribution is 7.61. The lowest BCUT2D eigenvalue weighted by Crippen LogP contribution is -2.06. The second-order valence-electron chi connectivity index (χ2n) is 13.4. The zero-order chi connectivity index (χ0) is 34.5. The molecular weight excluding hydrogens is 646 g/mol. The first-order valence-electron chi connectivity index (χ1n) is 18.9. The molecule has 4 aliphatic heterocycles. The highest BCUT2D eigenvalue weighted by Gasteiger charge is 2.39. The molecule has 4 bridgehead atoms. The molecule has 0 spiro atoms. The Morgan fingerprint density at radius 3 is 1.27 bits per heavy atom. The van der Waals surface area contributed by atoms with Crippen molar-refractivity contribution >= 4 is 15.6 Å². The van der Waals surface area contributed by atoms with E-state index < -0.39 is 15.6 Å². The maximum atomic E-state index is 13.0. The van der Waals surface area contributed by atoms with E-state index in [-0.39, 0.29) is 11.5 Å². The Hall–Kier alpha value is -1.82. The van der Waals surface area contributed by atoms with Crippen LogP contribution in [0.25, 0.3) is 0 Å². The molecule has 2 N–H and O–H groups in total. The fourth-order valence-corrected chi connectivity index (χ4v) is 8.55. The zero-order valence-corrected chi connectivity index (χ0v) is 31.5. The van der Waals surface area contributed by atoms with Crippen molar-refractivity contribution in [2.75, 3.05) is 0 Å². The predicted molar refractivity (Wildman–Crippen MR) is 195 cm³/mol. The van der Waals surface area contributed by atoms with Crippen molar-refractivity contribution in [3.8, 4) is 23.0 Å². The van der Waals surface area contributed by atoms with Gasteiger partial charge in [-0.2, -0.15) is 4.31 Å². The third kappa shape index (κ3) is 16.3. The molecule has 2 aromatic rings. The van der Waals surface area contributed by atoms with Gasteiger partial charge in [0.2, 0.25) is 0 Å². The standard InChI is InChI=1S/C38H62O8P2/c1-3-5-7-9-11-13-15-17-19-21-23-25-35-36(26-24-22-20-18-16-14-12-10-8-6-4-2)38-32-31-37(35)43-33-27-29-34(30-28-33)44-47(39,40)46-48(41,42)45-38/h27-32H,3-26H2,1-2H3,(H,39,40)(H,41,42). The van der Waals surface area contributed by atoms with Gasteiger partial charge < -0.3 is 13.8 Å². The fraction of sp³-hybridized carbons (Fsp3) is 0.684. The average Bonchev–Trinajstić information content (AvgIpc) is 3.04. The predicted octanol–water partition coefficient (Wildman–Crippen LogP) is 13.2. The van der Waals surface area contributed by atoms with Gasteiger partial charge in [0.25, 0.3) is 0 Å². The van der Waals surface area contributed by atoms with Crippen LogP contribution < -0.4 is 13.8 Å². The Morgan fingerprint density at radius 2 is 0.812 bits per heavy atom. The lowest BCUT2D eigenvalue weighted by Gasteiger charge is -2.23. The van der Waals surface area contributed by atoms with Gasteiger partial charge in [0.15, 0.2) is 0 Å². The van der Waals surface area contributed by atoms with Gasteiger partial charge in [-0.3, -0.25) is 9.79 Å². The molecule has 0 fully saturated rings. The highest BCUT2D eigenvalue weighted by Crippen LogP contribution is 2.60. The number of hydrogen-bond donors (Lipinski definition) is 2. The van der Waals surface area contributed by atoms with Crippen LogP contribution in [0.5, 0.6) is 23.0 Å². The molecule has 10 heteroatoms. The molecule has 0 aromatic heterocycles. The van der Waals surface area contributed by atoms with Crippen molar-refractivity contribution in [1.82, 2.24) is 0 Å². The Bertz CT molecular complexity index is 1270. The first-order valence-corrected chi connectivity index (χ1v) is 21.9. The van der Waals surface area contributed by atoms with Crippen molar-refractivity contribution in [2.24, 2.45) is 0 Å². The summed E-state index contributed by atoms with van der Waals surface area (Å²) in [6.07, 6.45) is 28.4. The Kier molecular flexibility index (Phi) is 19.3. The first kappa shape index (κ1) is 40.6. The lowest BCUT2D eigenvalue weighted by molar-refractivity contribution is 0.233. The van der Waals surface area contributed by atoms with E-state index in [9.17, 15) is 18.9 Å². The Balaban J connectivity index is 1.69. The molecule has 48 heavy (non-hydrogen) atoms. The molecule has 0 saturated carbocycles. The van der Waals surface area contributed by atoms with Crippen LogP contribution in [0.3, 0.4) is 0 Å². The molecule has 2 aromatic carbocycles. The molecule has 4 heterocycles. The average molecular weight is 709 g/mol. The number of phosphoric acid groups is 2. The molecule has 0 aliphatic carbocycles. The first-order chi connectivity index (χ1) is 23.2. The SMILES string of the molecule is CCCCCCCCCCCCCc1c2ccc(c1CCCCCCCCCCCCC)OP(=O)(O)OP(=O)(O)Oc1ccc(cc1)O2. The summed E-state index contributed by atoms with van der Waals surface area (Å²) >= 11 is 0. The third-order valence-corrected chi connectivity index (χ3v) is 11.6. The highest BCUT2D eigenvalue weighted by atomic mass is 31.3. The summed E-state index contributed by atoms with van der Waals surface area (Å²) in [5.41, 5.74) is 1.73. The summed E-state index contributed by atoms with van der Waals surface area (Å²) in [5, 5.41) is 0. The van der Waals surface area contributed by atoms with E-state index in [2.05, 4.69) is 13.8 Å². The van der Waals surface area contributed by atoms with Gasteiger partial charge >= 0.3 is 15.6 Å². The van der Waals surface area contributed by atoms with Gasteiger partial charge in [0.05, 0.1) is 0 Å². The maximum Gasteiger partial charge on any atom is 0.537 e. The van der Waals surface area contributed by atoms with Gasteiger partial charge in [0.1, 0.15) is 23.0 Å². The molecule has 0 radical (unpaired) electrons. The molecule has 6 rings (SSSR count). The molecule has 0 saturated heterocycles. The Morgan fingerprint density at radius 1 is 0.458 bits per heavy atom. The zero-order valence-electron chi connectivity index (χ0n) is 29.7. The normalized spacial score (nSPS) is 19.1. The van der Waals surface area contributed by atoms with Crippen LogP contribution in [0.1, 0.15) is 166 Å². The second kappa shape index (κ2) is 22.8. The number of unbranched alkanes of at least 4 members (excludes halogenated alkanes) is 20. The Labute approximate surface area is 290 Å². The summed E-state index contributed by atoms with van der Waals surface area (Å²) in [7, 11) is -9.99. The van der Waals surface area contributed by atoms with E-state index in [1.807, 2.05) is 0 Å². The van der Waals surface area contributed by atoms with E-state index in [0.29, 0.717) is 17.9 Å². The molecule has 2 atom stereocenters. The number of benzene rings is 2. The van der Waals surface area contributed by atoms with Gasteiger partial charge in [-0.1, -0.05) is 142 Å². The van der Waals surface area contributed by atoms with Crippen LogP contribution in [-0.4, -0.2) is 9.79 Å². The summed E-state index contributed by atoms with van der Waals surface area (Å²) in [6.45, 7) is 4.50. The summed E-state index contributed by atoms with van der Waals surface area (Å²) < 4.78 is 47.2. The fourth-order valence-electron chi connectivity index (χ4n) is 6.43. The molecule has 272 valence electrons. The van der Waals surface area contributed by atoms with E-state index in [1.165, 1.54) is 121 Å². The summed E-state index contributed by atoms with van der Waals surface area (Å²) in [5.74, 6) is 1.40. The van der Waals surface area contributed by atoms with Crippen LogP contribution >= 0.6 is 15.6 Å². The smallest absolute Gasteiger partial charge is 0.457 e. The van der Waals surface area contributed by atoms with Crippen molar-refractivity contribution < 1.29 is 37.0 Å². The van der Waals surface area contributed by atoms with Crippen LogP contribution in [0.4, 0.5) is 0 Å². The molecule has 0 amide bonds. The van der Waals surface area contributed by atoms with E-state index >= 15 is 0 Å². The van der Waals surface area contributed by atoms with Crippen molar-refractivity contribution in [3.05, 3.63) is 47.5 Å². The van der Waals surface area contributed by atoms with Gasteiger partial charge in [0, 0.05) is 11.1 Å². The molecular formula is C38H62O8P2. The molecule has 4 aliphatic rings. The van der Waals surface area contributed by atoms with Gasteiger partial charge in [-0.05, 0) is 62.1 Å². The second-order valence-corrected chi connectivity index (χ2v) is 16.3. The van der Waals surface area contributed by atoms with E-state index in [4.69, 9.17) is 18.1 Å². The lowest BCUT2D eigenvalue weighted by atomic mass is 9.94. The third-order valence-electron chi connectivity index (χ3n) is 9.10. The van der Waals surface area contributed by atoms with Crippen molar-refractivity contribution in [1.29, 1.82) is 0 Å². The monoisotopic (exact) mass is 708 g/mol. The van der Waals surface area contributed by atoms with E-state index in [1.54, 1.807) is 24.3 Å². The van der Waals surface area contributed by atoms with Gasteiger partial charge in [-0.25, -0.2) is 9.13 Å². The van der Waals surface area contributed by atoms with Crippen LogP contribution in [0, 0.1) is 0 Å². The van der Waals surface area contributed by atoms with Gasteiger partial charge in [-0.15, -0.1) is 0 Å². The number of hydrogen-bond acceptors (Lipinski definition) is 6.